The van der Waals surface area contributed by atoms with Gasteiger partial charge in [-0.1, -0.05) is 94.8 Å². The molecule has 5 amide bonds. The molecule has 3 aliphatic rings. The Bertz CT molecular complexity index is 2880. The number of unbranched alkanes of at least 4 members (excludes halogenated alkanes) is 4. The molecule has 4 aromatic carbocycles. The van der Waals surface area contributed by atoms with Crippen molar-refractivity contribution in [1.29, 1.82) is 0 Å². The monoisotopic (exact) mass is 1120 g/mol. The summed E-state index contributed by atoms with van der Waals surface area (Å²) in [6, 6.07) is 24.7. The normalized spacial score (nSPS) is 15.4. The predicted octanol–water partition coefficient (Wildman–Crippen LogP) is 8.28. The number of rotatable bonds is 24. The number of fused-ring (bicyclic) bond motifs is 1. The molecule has 3 fully saturated rings. The molecule has 1 aliphatic carbocycles. The number of hydrogen-bond donors (Lipinski definition) is 5. The number of piperidine rings is 1. The molecule has 1 atom stereocenters. The van der Waals surface area contributed by atoms with Gasteiger partial charge in [-0.2, -0.15) is 5.10 Å². The first-order chi connectivity index (χ1) is 39.4. The number of piperazine rings is 1. The van der Waals surface area contributed by atoms with Gasteiger partial charge in [0.25, 0.3) is 11.5 Å². The van der Waals surface area contributed by atoms with Crippen LogP contribution in [-0.2, 0) is 27.3 Å². The Hall–Kier alpha value is -7.18. The van der Waals surface area contributed by atoms with Gasteiger partial charge in [0, 0.05) is 93.7 Å². The molecule has 2 saturated heterocycles. The van der Waals surface area contributed by atoms with Gasteiger partial charge in [-0.05, 0) is 105 Å². The van der Waals surface area contributed by atoms with Crippen LogP contribution in [0.25, 0.3) is 10.8 Å². The minimum absolute atomic E-state index is 0.000116. The number of nitrogens with one attached hydrogen (secondary N) is 4. The number of ether oxygens (including phenoxy) is 2. The molecule has 438 valence electrons. The molecule has 81 heavy (non-hydrogen) atoms. The lowest BCUT2D eigenvalue weighted by molar-refractivity contribution is -0.132. The number of hydrogen-bond acceptors (Lipinski definition) is 11. The van der Waals surface area contributed by atoms with Gasteiger partial charge in [-0.25, -0.2) is 9.49 Å². The van der Waals surface area contributed by atoms with E-state index in [4.69, 9.17) is 15.2 Å². The van der Waals surface area contributed by atoms with Crippen LogP contribution in [0.1, 0.15) is 153 Å². The van der Waals surface area contributed by atoms with Crippen LogP contribution in [0.4, 0.5) is 4.39 Å². The summed E-state index contributed by atoms with van der Waals surface area (Å²) < 4.78 is 25.8. The van der Waals surface area contributed by atoms with Crippen molar-refractivity contribution in [2.45, 2.75) is 123 Å². The molecule has 8 rings (SSSR count). The zero-order valence-corrected chi connectivity index (χ0v) is 48.1. The van der Waals surface area contributed by atoms with Gasteiger partial charge in [-0.3, -0.25) is 28.8 Å². The van der Waals surface area contributed by atoms with Crippen molar-refractivity contribution in [3.63, 3.8) is 0 Å². The molecule has 17 nitrogen and oxygen atoms in total. The van der Waals surface area contributed by atoms with Crippen LogP contribution in [-0.4, -0.2) is 134 Å². The number of nitrogens with zero attached hydrogens (tertiary/aromatic N) is 4. The average Bonchev–Trinajstić information content (AvgIpc) is 3.61. The maximum absolute atomic E-state index is 14.8. The third-order valence-corrected chi connectivity index (χ3v) is 15.2. The van der Waals surface area contributed by atoms with Crippen molar-refractivity contribution in [2.75, 3.05) is 79.2 Å². The van der Waals surface area contributed by atoms with E-state index >= 15 is 0 Å². The number of amides is 5. The lowest BCUT2D eigenvalue weighted by Gasteiger charge is -2.35. The number of H-pyrrole nitrogens is 1. The van der Waals surface area contributed by atoms with Crippen LogP contribution < -0.4 is 36.7 Å². The van der Waals surface area contributed by atoms with Crippen molar-refractivity contribution in [2.24, 2.45) is 11.7 Å². The topological polar surface area (TPSA) is 221 Å². The molecule has 2 aliphatic heterocycles. The van der Waals surface area contributed by atoms with Gasteiger partial charge in [0.2, 0.25) is 23.6 Å². The van der Waals surface area contributed by atoms with Crippen LogP contribution in [0.5, 0.6) is 11.5 Å². The quantitative estimate of drug-likeness (QED) is 0.0370. The number of aromatic nitrogens is 2. The molecule has 0 bridgehead atoms. The molecule has 5 aromatic rings. The number of likely N-dealkylation sites (tertiary alicyclic amines) is 1. The van der Waals surface area contributed by atoms with Crippen molar-refractivity contribution in [1.82, 2.24) is 40.8 Å². The zero-order chi connectivity index (χ0) is 57.9. The fourth-order valence-corrected chi connectivity index (χ4v) is 10.8. The maximum Gasteiger partial charge on any atom is 0.272 e. The van der Waals surface area contributed by atoms with E-state index in [0.717, 1.165) is 87.2 Å². The first-order valence-electron chi connectivity index (χ1n) is 29.4. The molecule has 1 saturated carbocycles. The minimum atomic E-state index is -0.595. The molecule has 3 heterocycles. The second kappa shape index (κ2) is 33.5. The number of nitrogens with two attached hydrogens (primary N) is 1. The van der Waals surface area contributed by atoms with E-state index in [9.17, 15) is 33.2 Å². The summed E-state index contributed by atoms with van der Waals surface area (Å²) in [5, 5.41) is 17.5. The standard InChI is InChI=1S/C37H49FN6O4.C24H31N3O4.C2H6/c38-32-16-15-28(24-33-29-13-7-8-14-30(29)36(47)42-41-33)23-31(32)37(48)44-21-19-43(20-22-44)35(46)26-39-17-9-2-1-3-10-18-40-34(45)25-27-11-5-4-6-12-27;1-3-31-22-13-21(30-2)10-9-19(22)14-26-15-23(28)27-11-5-8-20(16-27)17-6-4-7-18(12-17)24(25)29;1-2/h7-8,13-16,23,27,39H,1-6,9-12,17-22,24-26H2,(H,40,45)(H,42,47);4,6-7,9-10,12-13,20,26H,3,5,8,11,14-16H2,1-2H3,(H2,25,29);1-2H3. The number of primary amides is 1. The van der Waals surface area contributed by atoms with Crippen LogP contribution >= 0.6 is 0 Å². The lowest BCUT2D eigenvalue weighted by atomic mass is 9.87. The summed E-state index contributed by atoms with van der Waals surface area (Å²) in [4.78, 5) is 79.8. The zero-order valence-electron chi connectivity index (χ0n) is 48.1. The van der Waals surface area contributed by atoms with E-state index in [1.54, 1.807) is 47.2 Å². The van der Waals surface area contributed by atoms with E-state index in [0.29, 0.717) is 92.2 Å². The highest BCUT2D eigenvalue weighted by atomic mass is 19.1. The third kappa shape index (κ3) is 19.5. The molecular formula is C63H86FN9O8. The van der Waals surface area contributed by atoms with Gasteiger partial charge in [0.05, 0.1) is 43.4 Å². The third-order valence-electron chi connectivity index (χ3n) is 15.2. The summed E-state index contributed by atoms with van der Waals surface area (Å²) in [5.41, 5.74) is 9.01. The number of methoxy groups -OCH3 is 1. The Balaban J connectivity index is 0.000000276. The number of carbonyl (C=O) groups excluding carboxylic acids is 5. The Labute approximate surface area is 477 Å². The molecule has 0 radical (unpaired) electrons. The maximum atomic E-state index is 14.8. The van der Waals surface area contributed by atoms with E-state index in [-0.39, 0.29) is 47.9 Å². The van der Waals surface area contributed by atoms with Crippen molar-refractivity contribution < 1.29 is 37.8 Å². The summed E-state index contributed by atoms with van der Waals surface area (Å²) in [6.45, 7) is 11.9. The van der Waals surface area contributed by atoms with E-state index in [1.807, 2.05) is 74.2 Å². The predicted molar refractivity (Wildman–Crippen MR) is 315 cm³/mol. The summed E-state index contributed by atoms with van der Waals surface area (Å²) in [6.07, 6.45) is 14.4. The summed E-state index contributed by atoms with van der Waals surface area (Å²) in [7, 11) is 1.62. The molecule has 18 heteroatoms. The van der Waals surface area contributed by atoms with Crippen LogP contribution in [0, 0.1) is 11.7 Å². The van der Waals surface area contributed by atoms with Crippen LogP contribution in [0.3, 0.4) is 0 Å². The number of carbonyl (C=O) groups is 5. The van der Waals surface area contributed by atoms with Crippen molar-refractivity contribution >= 4 is 40.3 Å². The highest BCUT2D eigenvalue weighted by Crippen LogP contribution is 2.29. The molecule has 1 unspecified atom stereocenters. The first-order valence-corrected chi connectivity index (χ1v) is 29.4. The Morgan fingerprint density at radius 1 is 0.741 bits per heavy atom. The number of benzene rings is 4. The second-order valence-corrected chi connectivity index (χ2v) is 20.9. The van der Waals surface area contributed by atoms with E-state index in [2.05, 4.69) is 26.1 Å². The fourth-order valence-electron chi connectivity index (χ4n) is 10.8. The van der Waals surface area contributed by atoms with Crippen molar-refractivity contribution in [3.05, 3.63) is 135 Å². The number of halogens is 1. The van der Waals surface area contributed by atoms with E-state index in [1.165, 1.54) is 38.2 Å². The second-order valence-electron chi connectivity index (χ2n) is 20.9. The molecular weight excluding hydrogens is 1030 g/mol. The van der Waals surface area contributed by atoms with E-state index < -0.39 is 17.6 Å². The van der Waals surface area contributed by atoms with Crippen LogP contribution in [0.2, 0.25) is 0 Å². The van der Waals surface area contributed by atoms with Gasteiger partial charge >= 0.3 is 0 Å². The number of aromatic amines is 1. The molecule has 6 N–H and O–H groups in total. The lowest BCUT2D eigenvalue weighted by Crippen LogP contribution is -2.52. The summed E-state index contributed by atoms with van der Waals surface area (Å²) in [5.74, 6) is 1.13. The van der Waals surface area contributed by atoms with Gasteiger partial charge < -0.3 is 45.9 Å². The minimum Gasteiger partial charge on any atom is -0.497 e. The van der Waals surface area contributed by atoms with Gasteiger partial charge in [0.15, 0.2) is 0 Å². The molecule has 1 aromatic heterocycles. The Kier molecular flexibility index (Phi) is 26.1. The van der Waals surface area contributed by atoms with Crippen LogP contribution in [0.15, 0.2) is 89.7 Å². The average molecular weight is 1120 g/mol. The highest BCUT2D eigenvalue weighted by Gasteiger charge is 2.28. The Morgan fingerprint density at radius 3 is 2.19 bits per heavy atom. The molecule has 0 spiro atoms. The Morgan fingerprint density at radius 2 is 1.44 bits per heavy atom. The fraction of sp³-hybridized carbons (Fsp3) is 0.508. The largest absolute Gasteiger partial charge is 0.497 e. The van der Waals surface area contributed by atoms with Crippen molar-refractivity contribution in [3.8, 4) is 11.5 Å². The van der Waals surface area contributed by atoms with Gasteiger partial charge in [-0.15, -0.1) is 0 Å². The highest BCUT2D eigenvalue weighted by molar-refractivity contribution is 5.95. The van der Waals surface area contributed by atoms with Gasteiger partial charge in [0.1, 0.15) is 17.3 Å². The first kappa shape index (κ1) is 63.0. The smallest absolute Gasteiger partial charge is 0.272 e. The SMILES string of the molecule is CC.CCOc1cc(OC)ccc1CNCC(=O)N1CCCC(c2cccc(C(N)=O)c2)C1.O=C(CC1CCCCC1)NCCCCCCCNCC(=O)N1CCN(C(=O)c2cc(Cc3n[nH]c(=O)c4ccccc34)ccc2F)CC1. The summed E-state index contributed by atoms with van der Waals surface area (Å²) >= 11 is 0.